The van der Waals surface area contributed by atoms with E-state index in [2.05, 4.69) is 21.2 Å². The maximum Gasteiger partial charge on any atom is 0.261 e. The summed E-state index contributed by atoms with van der Waals surface area (Å²) in [6.07, 6.45) is 0. The molecule has 27 heavy (non-hydrogen) atoms. The average molecular weight is 437 g/mol. The number of nitrogens with one attached hydrogen (secondary N) is 1. The Morgan fingerprint density at radius 2 is 1.78 bits per heavy atom. The van der Waals surface area contributed by atoms with Gasteiger partial charge < -0.3 is 15.0 Å². The minimum absolute atomic E-state index is 0.232. The number of amides is 2. The molecule has 0 fully saturated rings. The molecule has 0 spiro atoms. The standard InChI is InChI=1S/C20H22BrFN2O3/c1-3-23-20(26)14(2)24(12-15-4-6-16(21)7-5-15)19(25)13-27-18-10-8-17(22)9-11-18/h4-11,14H,3,12-13H2,1-2H3,(H,23,26). The Morgan fingerprint density at radius 3 is 2.37 bits per heavy atom. The van der Waals surface area contributed by atoms with E-state index < -0.39 is 6.04 Å². The number of benzene rings is 2. The van der Waals surface area contributed by atoms with Crippen LogP contribution < -0.4 is 10.1 Å². The van der Waals surface area contributed by atoms with Crippen LogP contribution in [-0.4, -0.2) is 35.9 Å². The van der Waals surface area contributed by atoms with Crippen molar-refractivity contribution in [2.75, 3.05) is 13.2 Å². The summed E-state index contributed by atoms with van der Waals surface area (Å²) >= 11 is 3.38. The molecule has 5 nitrogen and oxygen atoms in total. The Morgan fingerprint density at radius 1 is 1.15 bits per heavy atom. The van der Waals surface area contributed by atoms with E-state index in [4.69, 9.17) is 4.74 Å². The van der Waals surface area contributed by atoms with Gasteiger partial charge in [0.2, 0.25) is 5.91 Å². The fourth-order valence-electron chi connectivity index (χ4n) is 2.45. The molecule has 1 N–H and O–H groups in total. The van der Waals surface area contributed by atoms with Gasteiger partial charge in [0.25, 0.3) is 5.91 Å². The smallest absolute Gasteiger partial charge is 0.261 e. The van der Waals surface area contributed by atoms with E-state index in [-0.39, 0.29) is 30.8 Å². The van der Waals surface area contributed by atoms with Gasteiger partial charge in [-0.2, -0.15) is 0 Å². The Bertz CT molecular complexity index is 766. The average Bonchev–Trinajstić information content (AvgIpc) is 2.66. The lowest BCUT2D eigenvalue weighted by Gasteiger charge is -2.28. The van der Waals surface area contributed by atoms with Crippen molar-refractivity contribution in [3.05, 3.63) is 64.4 Å². The van der Waals surface area contributed by atoms with Gasteiger partial charge in [0.05, 0.1) is 0 Å². The zero-order valence-electron chi connectivity index (χ0n) is 15.2. The van der Waals surface area contributed by atoms with E-state index in [1.54, 1.807) is 6.92 Å². The van der Waals surface area contributed by atoms with Crippen molar-refractivity contribution in [3.63, 3.8) is 0 Å². The first-order valence-corrected chi connectivity index (χ1v) is 9.40. The van der Waals surface area contributed by atoms with Crippen LogP contribution in [0.2, 0.25) is 0 Å². The normalized spacial score (nSPS) is 11.6. The summed E-state index contributed by atoms with van der Waals surface area (Å²) in [5.74, 6) is -0.555. The lowest BCUT2D eigenvalue weighted by atomic mass is 10.1. The zero-order chi connectivity index (χ0) is 19.8. The van der Waals surface area contributed by atoms with Crippen molar-refractivity contribution < 1.29 is 18.7 Å². The fourth-order valence-corrected chi connectivity index (χ4v) is 2.71. The van der Waals surface area contributed by atoms with Crippen LogP contribution in [0.15, 0.2) is 53.0 Å². The van der Waals surface area contributed by atoms with Gasteiger partial charge >= 0.3 is 0 Å². The minimum Gasteiger partial charge on any atom is -0.484 e. The molecule has 2 aromatic carbocycles. The quantitative estimate of drug-likeness (QED) is 0.688. The van der Waals surface area contributed by atoms with Gasteiger partial charge in [0.15, 0.2) is 6.61 Å². The highest BCUT2D eigenvalue weighted by Gasteiger charge is 2.26. The van der Waals surface area contributed by atoms with Crippen molar-refractivity contribution >= 4 is 27.7 Å². The Labute approximate surface area is 166 Å². The second kappa shape index (κ2) is 10.1. The third-order valence-electron chi connectivity index (χ3n) is 3.96. The number of carbonyl (C=O) groups excluding carboxylic acids is 2. The van der Waals surface area contributed by atoms with Gasteiger partial charge in [-0.3, -0.25) is 9.59 Å². The van der Waals surface area contributed by atoms with Crippen LogP contribution in [-0.2, 0) is 16.1 Å². The second-order valence-electron chi connectivity index (χ2n) is 5.96. The Hall–Kier alpha value is -2.41. The van der Waals surface area contributed by atoms with Crippen molar-refractivity contribution in [1.29, 1.82) is 0 Å². The van der Waals surface area contributed by atoms with Crippen molar-refractivity contribution in [3.8, 4) is 5.75 Å². The molecule has 0 aliphatic carbocycles. The molecule has 1 atom stereocenters. The maximum absolute atomic E-state index is 13.0. The van der Waals surface area contributed by atoms with E-state index in [0.717, 1.165) is 10.0 Å². The number of hydrogen-bond donors (Lipinski definition) is 1. The predicted molar refractivity (Wildman–Crippen MR) is 105 cm³/mol. The molecular formula is C20H22BrFN2O3. The largest absolute Gasteiger partial charge is 0.484 e. The Kier molecular flexibility index (Phi) is 7.79. The number of likely N-dealkylation sites (N-methyl/N-ethyl adjacent to an activating group) is 1. The van der Waals surface area contributed by atoms with Crippen LogP contribution >= 0.6 is 15.9 Å². The van der Waals surface area contributed by atoms with Gasteiger partial charge in [0, 0.05) is 17.6 Å². The molecule has 144 valence electrons. The first kappa shape index (κ1) is 20.9. The third kappa shape index (κ3) is 6.36. The fraction of sp³-hybridized carbons (Fsp3) is 0.300. The van der Waals surface area contributed by atoms with Gasteiger partial charge in [-0.05, 0) is 55.8 Å². The van der Waals surface area contributed by atoms with Crippen LogP contribution in [0.5, 0.6) is 5.75 Å². The monoisotopic (exact) mass is 436 g/mol. The number of carbonyl (C=O) groups is 2. The number of hydrogen-bond acceptors (Lipinski definition) is 3. The zero-order valence-corrected chi connectivity index (χ0v) is 16.8. The summed E-state index contributed by atoms with van der Waals surface area (Å²) in [6, 6.07) is 12.3. The number of nitrogens with zero attached hydrogens (tertiary/aromatic N) is 1. The van der Waals surface area contributed by atoms with E-state index in [0.29, 0.717) is 12.3 Å². The topological polar surface area (TPSA) is 58.6 Å². The van der Waals surface area contributed by atoms with Crippen LogP contribution in [0.4, 0.5) is 4.39 Å². The lowest BCUT2D eigenvalue weighted by molar-refractivity contribution is -0.142. The van der Waals surface area contributed by atoms with E-state index in [1.807, 2.05) is 31.2 Å². The van der Waals surface area contributed by atoms with Crippen molar-refractivity contribution in [2.24, 2.45) is 0 Å². The molecule has 7 heteroatoms. The van der Waals surface area contributed by atoms with Gasteiger partial charge in [0.1, 0.15) is 17.6 Å². The third-order valence-corrected chi connectivity index (χ3v) is 4.49. The van der Waals surface area contributed by atoms with Crippen molar-refractivity contribution in [2.45, 2.75) is 26.4 Å². The SMILES string of the molecule is CCNC(=O)C(C)N(Cc1ccc(Br)cc1)C(=O)COc1ccc(F)cc1. The highest BCUT2D eigenvalue weighted by atomic mass is 79.9. The number of rotatable bonds is 8. The maximum atomic E-state index is 13.0. The van der Waals surface area contributed by atoms with E-state index in [9.17, 15) is 14.0 Å². The molecule has 1 unspecified atom stereocenters. The first-order valence-electron chi connectivity index (χ1n) is 8.60. The molecule has 2 rings (SSSR count). The highest BCUT2D eigenvalue weighted by molar-refractivity contribution is 9.10. The summed E-state index contributed by atoms with van der Waals surface area (Å²) in [5, 5.41) is 2.73. The molecule has 0 bridgehead atoms. The molecule has 0 aliphatic heterocycles. The minimum atomic E-state index is -0.655. The molecule has 0 aromatic heterocycles. The molecule has 0 heterocycles. The number of ether oxygens (including phenoxy) is 1. The van der Waals surface area contributed by atoms with Gasteiger partial charge in [-0.25, -0.2) is 4.39 Å². The summed E-state index contributed by atoms with van der Waals surface area (Å²) in [7, 11) is 0. The highest BCUT2D eigenvalue weighted by Crippen LogP contribution is 2.15. The van der Waals surface area contributed by atoms with E-state index >= 15 is 0 Å². The summed E-state index contributed by atoms with van der Waals surface area (Å²) in [5.41, 5.74) is 0.893. The molecule has 0 saturated heterocycles. The molecule has 0 radical (unpaired) electrons. The van der Waals surface area contributed by atoms with Gasteiger partial charge in [-0.15, -0.1) is 0 Å². The molecule has 0 saturated carbocycles. The summed E-state index contributed by atoms with van der Waals surface area (Å²) < 4.78 is 19.4. The van der Waals surface area contributed by atoms with E-state index in [1.165, 1.54) is 29.2 Å². The van der Waals surface area contributed by atoms with Crippen LogP contribution in [0, 0.1) is 5.82 Å². The molecule has 2 aromatic rings. The lowest BCUT2D eigenvalue weighted by Crippen LogP contribution is -2.49. The first-order chi connectivity index (χ1) is 12.9. The summed E-state index contributed by atoms with van der Waals surface area (Å²) in [6.45, 7) is 4.02. The summed E-state index contributed by atoms with van der Waals surface area (Å²) in [4.78, 5) is 26.5. The van der Waals surface area contributed by atoms with Crippen molar-refractivity contribution in [1.82, 2.24) is 10.2 Å². The molecule has 2 amide bonds. The number of halogens is 2. The molecular weight excluding hydrogens is 415 g/mol. The van der Waals surface area contributed by atoms with Crippen LogP contribution in [0.1, 0.15) is 19.4 Å². The van der Waals surface area contributed by atoms with Crippen LogP contribution in [0.25, 0.3) is 0 Å². The molecule has 0 aliphatic rings. The second-order valence-corrected chi connectivity index (χ2v) is 6.88. The van der Waals surface area contributed by atoms with Gasteiger partial charge in [-0.1, -0.05) is 28.1 Å². The Balaban J connectivity index is 2.11. The van der Waals surface area contributed by atoms with Crippen LogP contribution in [0.3, 0.4) is 0 Å². The predicted octanol–water partition coefficient (Wildman–Crippen LogP) is 3.52.